The Bertz CT molecular complexity index is 1010. The van der Waals surface area contributed by atoms with E-state index in [0.717, 1.165) is 10.9 Å². The average molecular weight is 365 g/mol. The van der Waals surface area contributed by atoms with Crippen molar-refractivity contribution < 1.29 is 23.8 Å². The van der Waals surface area contributed by atoms with Crippen molar-refractivity contribution in [3.63, 3.8) is 0 Å². The average Bonchev–Trinajstić information content (AvgIpc) is 3.10. The largest absolute Gasteiger partial charge is 0.482 e. The van der Waals surface area contributed by atoms with Gasteiger partial charge >= 0.3 is 5.97 Å². The van der Waals surface area contributed by atoms with Gasteiger partial charge in [0, 0.05) is 22.7 Å². The molecule has 0 bridgehead atoms. The molecule has 0 spiro atoms. The molecule has 1 aromatic heterocycles. The summed E-state index contributed by atoms with van der Waals surface area (Å²) >= 11 is 0. The number of rotatable bonds is 4. The van der Waals surface area contributed by atoms with E-state index in [2.05, 4.69) is 4.98 Å². The molecule has 4 rings (SSSR count). The number of fused-ring (bicyclic) bond motifs is 2. The van der Waals surface area contributed by atoms with Crippen LogP contribution in [0, 0.1) is 0 Å². The number of carbonyl (C=O) groups excluding carboxylic acids is 2. The summed E-state index contributed by atoms with van der Waals surface area (Å²) in [5, 5.41) is 0.796. The van der Waals surface area contributed by atoms with Gasteiger partial charge in [-0.15, -0.1) is 0 Å². The number of nitrogens with one attached hydrogen (secondary N) is 1. The molecule has 1 aliphatic heterocycles. The highest BCUT2D eigenvalue weighted by molar-refractivity contribution is 6.10. The van der Waals surface area contributed by atoms with Crippen molar-refractivity contribution in [2.45, 2.75) is 32.2 Å². The number of aromatic amines is 1. The number of hydrogen-bond donors (Lipinski definition) is 1. The minimum atomic E-state index is -0.940. The van der Waals surface area contributed by atoms with E-state index >= 15 is 0 Å². The van der Waals surface area contributed by atoms with Crippen LogP contribution in [0.4, 0.5) is 0 Å². The lowest BCUT2D eigenvalue weighted by Crippen LogP contribution is -2.46. The van der Waals surface area contributed by atoms with Gasteiger partial charge in [0.1, 0.15) is 6.10 Å². The van der Waals surface area contributed by atoms with E-state index in [9.17, 15) is 9.59 Å². The number of aromatic nitrogens is 1. The Morgan fingerprint density at radius 1 is 1.04 bits per heavy atom. The summed E-state index contributed by atoms with van der Waals surface area (Å²) in [7, 11) is 0. The smallest absolute Gasteiger partial charge is 0.352 e. The highest BCUT2D eigenvalue weighted by Gasteiger charge is 2.37. The first-order chi connectivity index (χ1) is 13.0. The molecule has 2 aromatic carbocycles. The Labute approximate surface area is 156 Å². The van der Waals surface area contributed by atoms with Crippen molar-refractivity contribution in [3.8, 4) is 11.5 Å². The molecule has 27 heavy (non-hydrogen) atoms. The maximum Gasteiger partial charge on any atom is 0.352 e. The number of esters is 1. The molecule has 2 heterocycles. The van der Waals surface area contributed by atoms with E-state index in [4.69, 9.17) is 14.2 Å². The monoisotopic (exact) mass is 365 g/mol. The molecule has 138 valence electrons. The number of benzene rings is 2. The van der Waals surface area contributed by atoms with Crippen LogP contribution < -0.4 is 9.47 Å². The SMILES string of the molecule is C[C@H](OC(=O)[C@H]1Oc2ccccc2O[C@@H]1C)C(=O)c1c[nH]c2ccccc12. The van der Waals surface area contributed by atoms with E-state index in [1.807, 2.05) is 30.3 Å². The molecule has 3 aromatic rings. The molecule has 0 amide bonds. The molecular formula is C21H19NO5. The molecule has 6 nitrogen and oxygen atoms in total. The molecule has 0 radical (unpaired) electrons. The fourth-order valence-electron chi connectivity index (χ4n) is 3.17. The summed E-state index contributed by atoms with van der Waals surface area (Å²) < 4.78 is 16.9. The molecule has 6 heteroatoms. The Hall–Kier alpha value is -3.28. The summed E-state index contributed by atoms with van der Waals surface area (Å²) in [5.74, 6) is 0.161. The van der Waals surface area contributed by atoms with E-state index in [0.29, 0.717) is 17.1 Å². The molecule has 0 saturated carbocycles. The van der Waals surface area contributed by atoms with Gasteiger partial charge in [-0.3, -0.25) is 4.79 Å². The molecule has 1 aliphatic rings. The summed E-state index contributed by atoms with van der Waals surface area (Å²) in [4.78, 5) is 28.4. The third kappa shape index (κ3) is 3.14. The van der Waals surface area contributed by atoms with Gasteiger partial charge in [0.2, 0.25) is 11.9 Å². The van der Waals surface area contributed by atoms with Crippen LogP contribution in [0.5, 0.6) is 11.5 Å². The molecule has 3 atom stereocenters. The van der Waals surface area contributed by atoms with Gasteiger partial charge in [-0.25, -0.2) is 4.79 Å². The zero-order chi connectivity index (χ0) is 19.0. The normalized spacial score (nSPS) is 19.5. The number of Topliss-reactive ketones (excluding diaryl/α,β-unsaturated/α-hetero) is 1. The zero-order valence-corrected chi connectivity index (χ0v) is 15.0. The second kappa shape index (κ2) is 6.79. The minimum Gasteiger partial charge on any atom is -0.482 e. The predicted octanol–water partition coefficient (Wildman–Crippen LogP) is 3.51. The van der Waals surface area contributed by atoms with Crippen molar-refractivity contribution in [2.24, 2.45) is 0 Å². The standard InChI is InChI=1S/C21H19NO5/c1-12(19(23)15-11-22-16-8-4-3-7-14(15)16)26-21(24)20-13(2)25-17-9-5-6-10-18(17)27-20/h3-13,20,22H,1-2H3/t12-,13+,20-/m0/s1. The summed E-state index contributed by atoms with van der Waals surface area (Å²) in [6, 6.07) is 14.6. The number of hydrogen-bond acceptors (Lipinski definition) is 5. The number of ether oxygens (including phenoxy) is 3. The quantitative estimate of drug-likeness (QED) is 0.565. The first-order valence-electron chi connectivity index (χ1n) is 8.78. The van der Waals surface area contributed by atoms with Crippen LogP contribution >= 0.6 is 0 Å². The lowest BCUT2D eigenvalue weighted by Gasteiger charge is -2.30. The van der Waals surface area contributed by atoms with Crippen LogP contribution in [0.15, 0.2) is 54.7 Å². The first kappa shape index (κ1) is 17.1. The third-order valence-corrected chi connectivity index (χ3v) is 4.59. The van der Waals surface area contributed by atoms with Crippen molar-refractivity contribution in [2.75, 3.05) is 0 Å². The van der Waals surface area contributed by atoms with Crippen LogP contribution in [0.25, 0.3) is 10.9 Å². The topological polar surface area (TPSA) is 77.6 Å². The Kier molecular flexibility index (Phi) is 4.32. The molecule has 0 fully saturated rings. The summed E-state index contributed by atoms with van der Waals surface area (Å²) in [5.41, 5.74) is 1.35. The maximum absolute atomic E-state index is 12.7. The van der Waals surface area contributed by atoms with E-state index < -0.39 is 24.3 Å². The van der Waals surface area contributed by atoms with Gasteiger partial charge in [-0.2, -0.15) is 0 Å². The van der Waals surface area contributed by atoms with Crippen LogP contribution in [0.2, 0.25) is 0 Å². The molecule has 0 saturated heterocycles. The fraction of sp³-hybridized carbons (Fsp3) is 0.238. The maximum atomic E-state index is 12.7. The van der Waals surface area contributed by atoms with Gasteiger partial charge in [0.15, 0.2) is 17.6 Å². The van der Waals surface area contributed by atoms with E-state index in [-0.39, 0.29) is 5.78 Å². The second-order valence-electron chi connectivity index (χ2n) is 6.50. The fourth-order valence-corrected chi connectivity index (χ4v) is 3.17. The van der Waals surface area contributed by atoms with Crippen LogP contribution in [-0.4, -0.2) is 35.0 Å². The Morgan fingerprint density at radius 2 is 1.70 bits per heavy atom. The number of H-pyrrole nitrogens is 1. The van der Waals surface area contributed by atoms with Gasteiger partial charge in [-0.1, -0.05) is 30.3 Å². The van der Waals surface area contributed by atoms with Gasteiger partial charge in [0.05, 0.1) is 0 Å². The molecule has 0 unspecified atom stereocenters. The highest BCUT2D eigenvalue weighted by Crippen LogP contribution is 2.34. The molecule has 1 N–H and O–H groups in total. The van der Waals surface area contributed by atoms with Gasteiger partial charge in [-0.05, 0) is 32.0 Å². The number of carbonyl (C=O) groups is 2. The highest BCUT2D eigenvalue weighted by atomic mass is 16.6. The van der Waals surface area contributed by atoms with Crippen LogP contribution in [-0.2, 0) is 9.53 Å². The van der Waals surface area contributed by atoms with Crippen molar-refractivity contribution in [1.29, 1.82) is 0 Å². The van der Waals surface area contributed by atoms with E-state index in [1.54, 1.807) is 38.2 Å². The van der Waals surface area contributed by atoms with E-state index in [1.165, 1.54) is 0 Å². The van der Waals surface area contributed by atoms with Crippen molar-refractivity contribution in [1.82, 2.24) is 4.98 Å². The summed E-state index contributed by atoms with van der Waals surface area (Å²) in [6.07, 6.45) is -0.762. The van der Waals surface area contributed by atoms with Crippen LogP contribution in [0.3, 0.4) is 0 Å². The first-order valence-corrected chi connectivity index (χ1v) is 8.78. The van der Waals surface area contributed by atoms with Crippen molar-refractivity contribution in [3.05, 3.63) is 60.3 Å². The minimum absolute atomic E-state index is 0.273. The number of para-hydroxylation sites is 3. The van der Waals surface area contributed by atoms with Crippen LogP contribution in [0.1, 0.15) is 24.2 Å². The summed E-state index contributed by atoms with van der Waals surface area (Å²) in [6.45, 7) is 3.29. The predicted molar refractivity (Wildman–Crippen MR) is 99.1 cm³/mol. The van der Waals surface area contributed by atoms with Gasteiger partial charge in [0.25, 0.3) is 0 Å². The second-order valence-corrected chi connectivity index (χ2v) is 6.50. The number of ketones is 1. The lowest BCUT2D eigenvalue weighted by molar-refractivity contribution is -0.160. The molecular weight excluding hydrogens is 346 g/mol. The Balaban J connectivity index is 1.48. The van der Waals surface area contributed by atoms with Gasteiger partial charge < -0.3 is 19.2 Å². The zero-order valence-electron chi connectivity index (χ0n) is 15.0. The molecule has 0 aliphatic carbocycles. The van der Waals surface area contributed by atoms with Crippen molar-refractivity contribution >= 4 is 22.7 Å². The Morgan fingerprint density at radius 3 is 2.48 bits per heavy atom. The third-order valence-electron chi connectivity index (χ3n) is 4.59. The lowest BCUT2D eigenvalue weighted by atomic mass is 10.1.